The zero-order valence-electron chi connectivity index (χ0n) is 11.2. The molecule has 0 saturated carbocycles. The lowest BCUT2D eigenvalue weighted by Gasteiger charge is -2.17. The largest absolute Gasteiger partial charge is 0.354 e. The van der Waals surface area contributed by atoms with E-state index in [0.717, 1.165) is 30.2 Å². The molecule has 4 nitrogen and oxygen atoms in total. The van der Waals surface area contributed by atoms with Crippen LogP contribution in [0.3, 0.4) is 0 Å². The monoisotopic (exact) mass is 234 g/mol. The second-order valence-corrected chi connectivity index (χ2v) is 4.71. The van der Waals surface area contributed by atoms with E-state index in [1.807, 2.05) is 25.1 Å². The summed E-state index contributed by atoms with van der Waals surface area (Å²) in [6, 6.07) is 0.461. The molecule has 17 heavy (non-hydrogen) atoms. The normalized spacial score (nSPS) is 10.6. The molecule has 1 N–H and O–H groups in total. The Labute approximate surface area is 104 Å². The van der Waals surface area contributed by atoms with Crippen molar-refractivity contribution in [3.05, 3.63) is 30.2 Å². The Morgan fingerprint density at radius 3 is 2.59 bits per heavy atom. The highest BCUT2D eigenvalue weighted by Gasteiger charge is 2.03. The summed E-state index contributed by atoms with van der Waals surface area (Å²) in [5.41, 5.74) is 2.08. The molecule has 1 rings (SSSR count). The smallest absolute Gasteiger partial charge is 0.147 e. The van der Waals surface area contributed by atoms with E-state index in [0.29, 0.717) is 6.04 Å². The number of aromatic nitrogens is 2. The predicted molar refractivity (Wildman–Crippen MR) is 72.1 cm³/mol. The van der Waals surface area contributed by atoms with E-state index in [4.69, 9.17) is 0 Å². The fourth-order valence-electron chi connectivity index (χ4n) is 1.43. The summed E-state index contributed by atoms with van der Waals surface area (Å²) >= 11 is 0. The van der Waals surface area contributed by atoms with Crippen LogP contribution in [0.4, 0.5) is 5.82 Å². The van der Waals surface area contributed by atoms with Crippen molar-refractivity contribution in [1.29, 1.82) is 0 Å². The summed E-state index contributed by atoms with van der Waals surface area (Å²) in [6.45, 7) is 11.7. The highest BCUT2D eigenvalue weighted by Crippen LogP contribution is 2.08. The van der Waals surface area contributed by atoms with Gasteiger partial charge < -0.3 is 10.2 Å². The molecule has 0 amide bonds. The quantitative estimate of drug-likeness (QED) is 0.764. The summed E-state index contributed by atoms with van der Waals surface area (Å²) in [4.78, 5) is 10.8. The number of hydrogen-bond donors (Lipinski definition) is 1. The maximum Gasteiger partial charge on any atom is 0.147 e. The van der Waals surface area contributed by atoms with Crippen molar-refractivity contribution in [2.45, 2.75) is 33.4 Å². The second kappa shape index (κ2) is 6.35. The van der Waals surface area contributed by atoms with Crippen molar-refractivity contribution in [2.24, 2.45) is 0 Å². The first kappa shape index (κ1) is 13.6. The van der Waals surface area contributed by atoms with Gasteiger partial charge in [-0.15, -0.1) is 0 Å². The first-order valence-corrected chi connectivity index (χ1v) is 5.89. The number of rotatable bonds is 6. The molecule has 0 aromatic carbocycles. The maximum atomic E-state index is 4.39. The molecule has 1 aromatic heterocycles. The molecule has 1 heterocycles. The zero-order chi connectivity index (χ0) is 12.8. The summed E-state index contributed by atoms with van der Waals surface area (Å²) in [6.07, 6.45) is 3.62. The van der Waals surface area contributed by atoms with E-state index in [1.165, 1.54) is 0 Å². The Hall–Kier alpha value is -1.42. The Balaban J connectivity index is 2.58. The van der Waals surface area contributed by atoms with E-state index < -0.39 is 0 Å². The summed E-state index contributed by atoms with van der Waals surface area (Å²) in [7, 11) is 1.99. The Kier molecular flexibility index (Phi) is 5.10. The lowest BCUT2D eigenvalue weighted by atomic mass is 10.3. The van der Waals surface area contributed by atoms with Crippen LogP contribution in [0.25, 0.3) is 0 Å². The van der Waals surface area contributed by atoms with Crippen LogP contribution in [0.15, 0.2) is 24.5 Å². The maximum absolute atomic E-state index is 4.39. The fraction of sp³-hybridized carbons (Fsp3) is 0.538. The van der Waals surface area contributed by atoms with E-state index >= 15 is 0 Å². The molecule has 0 aliphatic carbocycles. The molecule has 0 bridgehead atoms. The first-order valence-electron chi connectivity index (χ1n) is 5.89. The number of nitrogens with one attached hydrogen (secondary N) is 1. The van der Waals surface area contributed by atoms with E-state index in [1.54, 1.807) is 6.20 Å². The summed E-state index contributed by atoms with van der Waals surface area (Å²) in [5.74, 6) is 0.876. The van der Waals surface area contributed by atoms with Gasteiger partial charge in [-0.1, -0.05) is 26.0 Å². The number of likely N-dealkylation sites (N-methyl/N-ethyl adjacent to an activating group) is 1. The molecular weight excluding hydrogens is 212 g/mol. The Morgan fingerprint density at radius 1 is 1.41 bits per heavy atom. The van der Waals surface area contributed by atoms with Crippen molar-refractivity contribution < 1.29 is 0 Å². The molecule has 0 fully saturated rings. The molecule has 94 valence electrons. The van der Waals surface area contributed by atoms with E-state index in [2.05, 4.69) is 35.7 Å². The Morgan fingerprint density at radius 2 is 2.12 bits per heavy atom. The summed E-state index contributed by atoms with van der Waals surface area (Å²) in [5, 5.41) is 3.31. The molecule has 1 aromatic rings. The van der Waals surface area contributed by atoms with Crippen LogP contribution in [-0.4, -0.2) is 29.6 Å². The average molecular weight is 234 g/mol. The predicted octanol–water partition coefficient (Wildman–Crippen LogP) is 1.99. The molecule has 0 atom stereocenters. The van der Waals surface area contributed by atoms with Crippen molar-refractivity contribution in [3.8, 4) is 0 Å². The van der Waals surface area contributed by atoms with Gasteiger partial charge in [0.05, 0.1) is 18.1 Å². The van der Waals surface area contributed by atoms with Gasteiger partial charge in [0.15, 0.2) is 0 Å². The van der Waals surface area contributed by atoms with Gasteiger partial charge in [-0.05, 0) is 6.92 Å². The van der Waals surface area contributed by atoms with Crippen LogP contribution in [-0.2, 0) is 6.54 Å². The lowest BCUT2D eigenvalue weighted by molar-refractivity contribution is 0.580. The van der Waals surface area contributed by atoms with Gasteiger partial charge in [-0.25, -0.2) is 4.98 Å². The van der Waals surface area contributed by atoms with Gasteiger partial charge in [0.25, 0.3) is 0 Å². The van der Waals surface area contributed by atoms with Crippen LogP contribution in [0.1, 0.15) is 26.5 Å². The average Bonchev–Trinajstić information content (AvgIpc) is 2.26. The van der Waals surface area contributed by atoms with Gasteiger partial charge in [-0.3, -0.25) is 4.98 Å². The number of anilines is 1. The standard InChI is InChI=1S/C13H22N4/c1-10(2)9-17(5)13-8-15-12(7-16-13)6-14-11(3)4/h7-8,11,14H,1,6,9H2,2-5H3. The minimum Gasteiger partial charge on any atom is -0.354 e. The fourth-order valence-corrected chi connectivity index (χ4v) is 1.43. The summed E-state index contributed by atoms with van der Waals surface area (Å²) < 4.78 is 0. The van der Waals surface area contributed by atoms with Crippen molar-refractivity contribution in [1.82, 2.24) is 15.3 Å². The highest BCUT2D eigenvalue weighted by molar-refractivity contribution is 5.36. The SMILES string of the molecule is C=C(C)CN(C)c1cnc(CNC(C)C)cn1. The second-order valence-electron chi connectivity index (χ2n) is 4.71. The van der Waals surface area contributed by atoms with Gasteiger partial charge in [0.2, 0.25) is 0 Å². The third kappa shape index (κ3) is 4.95. The molecule has 0 aliphatic heterocycles. The van der Waals surface area contributed by atoms with Crippen LogP contribution < -0.4 is 10.2 Å². The molecular formula is C13H22N4. The van der Waals surface area contributed by atoms with Crippen LogP contribution in [0.5, 0.6) is 0 Å². The molecule has 0 unspecified atom stereocenters. The van der Waals surface area contributed by atoms with Gasteiger partial charge in [-0.2, -0.15) is 0 Å². The topological polar surface area (TPSA) is 41.1 Å². The molecule has 4 heteroatoms. The van der Waals surface area contributed by atoms with Crippen molar-refractivity contribution >= 4 is 5.82 Å². The number of hydrogen-bond acceptors (Lipinski definition) is 4. The van der Waals surface area contributed by atoms with Crippen LogP contribution in [0.2, 0.25) is 0 Å². The third-order valence-electron chi connectivity index (χ3n) is 2.28. The third-order valence-corrected chi connectivity index (χ3v) is 2.28. The lowest BCUT2D eigenvalue weighted by Crippen LogP contribution is -2.23. The molecule has 0 saturated heterocycles. The Bertz CT molecular complexity index is 356. The molecule has 0 aliphatic rings. The van der Waals surface area contributed by atoms with Crippen molar-refractivity contribution in [2.75, 3.05) is 18.5 Å². The molecule has 0 spiro atoms. The van der Waals surface area contributed by atoms with Gasteiger partial charge >= 0.3 is 0 Å². The van der Waals surface area contributed by atoms with Gasteiger partial charge in [0.1, 0.15) is 5.82 Å². The molecule has 0 radical (unpaired) electrons. The van der Waals surface area contributed by atoms with Gasteiger partial charge in [0, 0.05) is 26.2 Å². The minimum absolute atomic E-state index is 0.461. The van der Waals surface area contributed by atoms with Crippen LogP contribution in [0, 0.1) is 0 Å². The van der Waals surface area contributed by atoms with E-state index in [-0.39, 0.29) is 0 Å². The zero-order valence-corrected chi connectivity index (χ0v) is 11.2. The highest BCUT2D eigenvalue weighted by atomic mass is 15.2. The van der Waals surface area contributed by atoms with Crippen LogP contribution >= 0.6 is 0 Å². The minimum atomic E-state index is 0.461. The van der Waals surface area contributed by atoms with E-state index in [9.17, 15) is 0 Å². The van der Waals surface area contributed by atoms with Crippen molar-refractivity contribution in [3.63, 3.8) is 0 Å². The number of nitrogens with zero attached hydrogens (tertiary/aromatic N) is 3. The first-order chi connectivity index (χ1) is 7.99.